The molecule has 2 nitrogen and oxygen atoms in total. The van der Waals surface area contributed by atoms with E-state index >= 15 is 0 Å². The van der Waals surface area contributed by atoms with Crippen LogP contribution in [0.15, 0.2) is 48.6 Å². The Balaban J connectivity index is 1.97. The summed E-state index contributed by atoms with van der Waals surface area (Å²) in [5.41, 5.74) is 4.85. The zero-order valence-corrected chi connectivity index (χ0v) is 10.3. The minimum Gasteiger partial charge on any atom is -0.359 e. The maximum atomic E-state index is 4.83. The smallest absolute Gasteiger partial charge is 0.0920 e. The van der Waals surface area contributed by atoms with E-state index in [1.165, 1.54) is 16.6 Å². The molecule has 0 fully saturated rings. The molecule has 0 saturated carbocycles. The van der Waals surface area contributed by atoms with Gasteiger partial charge in [-0.15, -0.1) is 0 Å². The first-order valence-corrected chi connectivity index (χ1v) is 6.37. The Morgan fingerprint density at radius 1 is 1.28 bits per heavy atom. The number of allylic oxidation sites excluding steroid dienone is 2. The topological polar surface area (TPSA) is 16.1 Å². The maximum Gasteiger partial charge on any atom is 0.0920 e. The maximum absolute atomic E-state index is 4.83. The van der Waals surface area contributed by atoms with E-state index in [-0.39, 0.29) is 0 Å². The third-order valence-corrected chi connectivity index (χ3v) is 3.83. The molecule has 2 aromatic rings. The van der Waals surface area contributed by atoms with Gasteiger partial charge in [0.15, 0.2) is 0 Å². The molecule has 3 heterocycles. The molecule has 0 saturated heterocycles. The highest BCUT2D eigenvalue weighted by atomic mass is 15.2. The van der Waals surface area contributed by atoms with Gasteiger partial charge in [0.2, 0.25) is 0 Å². The van der Waals surface area contributed by atoms with Gasteiger partial charge in [-0.3, -0.25) is 0 Å². The fraction of sp³-hybridized carbons (Fsp3) is 0.188. The van der Waals surface area contributed by atoms with Crippen LogP contribution in [0.25, 0.3) is 16.6 Å². The van der Waals surface area contributed by atoms with Crippen LogP contribution in [-0.2, 0) is 6.54 Å². The van der Waals surface area contributed by atoms with E-state index in [2.05, 4.69) is 54.3 Å². The summed E-state index contributed by atoms with van der Waals surface area (Å²) in [5.74, 6) is 0. The molecule has 2 heteroatoms. The molecule has 0 aliphatic carbocycles. The van der Waals surface area contributed by atoms with Crippen molar-refractivity contribution in [2.75, 3.05) is 0 Å². The van der Waals surface area contributed by atoms with Gasteiger partial charge in [-0.25, -0.2) is 4.98 Å². The molecule has 1 atom stereocenters. The van der Waals surface area contributed by atoms with Gasteiger partial charge in [0.05, 0.1) is 16.9 Å². The number of pyridine rings is 1. The van der Waals surface area contributed by atoms with Gasteiger partial charge in [-0.1, -0.05) is 30.4 Å². The second kappa shape index (κ2) is 3.45. The molecule has 0 radical (unpaired) electrons. The van der Waals surface area contributed by atoms with E-state index in [9.17, 15) is 0 Å². The average molecular weight is 234 g/mol. The first kappa shape index (κ1) is 9.89. The zero-order chi connectivity index (χ0) is 12.1. The monoisotopic (exact) mass is 234 g/mol. The predicted octanol–water partition coefficient (Wildman–Crippen LogP) is 3.35. The van der Waals surface area contributed by atoms with E-state index in [1.54, 1.807) is 0 Å². The van der Waals surface area contributed by atoms with Crippen LogP contribution in [0.4, 0.5) is 0 Å². The first-order valence-electron chi connectivity index (χ1n) is 6.37. The van der Waals surface area contributed by atoms with Gasteiger partial charge in [0.25, 0.3) is 0 Å². The lowest BCUT2D eigenvalue weighted by molar-refractivity contribution is 0.363. The Hall–Kier alpha value is -2.09. The second-order valence-corrected chi connectivity index (χ2v) is 4.99. The summed E-state index contributed by atoms with van der Waals surface area (Å²) in [5, 5.41) is 1.23. The van der Waals surface area contributed by atoms with Gasteiger partial charge in [0.1, 0.15) is 0 Å². The van der Waals surface area contributed by atoms with Gasteiger partial charge in [-0.05, 0) is 30.7 Å². The Bertz CT molecular complexity index is 697. The zero-order valence-electron chi connectivity index (χ0n) is 10.3. The van der Waals surface area contributed by atoms with Crippen molar-refractivity contribution in [3.63, 3.8) is 0 Å². The number of para-hydroxylation sites is 1. The number of rotatable bonds is 0. The standard InChI is InChI=1S/C16H14N2/c1-11-5-4-8-15-16-13(10-18(11)15)9-12-6-2-3-7-14(12)17-16/h2-9,11H,10H2,1H3. The lowest BCUT2D eigenvalue weighted by Gasteiger charge is -2.27. The fourth-order valence-corrected chi connectivity index (χ4v) is 2.86. The Morgan fingerprint density at radius 2 is 2.17 bits per heavy atom. The molecular weight excluding hydrogens is 220 g/mol. The van der Waals surface area contributed by atoms with Crippen molar-refractivity contribution in [3.8, 4) is 0 Å². The Kier molecular flexibility index (Phi) is 1.90. The Labute approximate surface area is 106 Å². The summed E-state index contributed by atoms with van der Waals surface area (Å²) in [7, 11) is 0. The van der Waals surface area contributed by atoms with Crippen LogP contribution in [-0.4, -0.2) is 15.9 Å². The minimum atomic E-state index is 0.460. The lowest BCUT2D eigenvalue weighted by atomic mass is 10.1. The molecular formula is C16H14N2. The van der Waals surface area contributed by atoms with Crippen LogP contribution in [0.1, 0.15) is 18.2 Å². The van der Waals surface area contributed by atoms with Gasteiger partial charge in [0, 0.05) is 18.0 Å². The normalized spacial score (nSPS) is 20.8. The lowest BCUT2D eigenvalue weighted by Crippen LogP contribution is -2.26. The van der Waals surface area contributed by atoms with E-state index < -0.39 is 0 Å². The van der Waals surface area contributed by atoms with Crippen molar-refractivity contribution < 1.29 is 0 Å². The van der Waals surface area contributed by atoms with Crippen molar-refractivity contribution in [1.82, 2.24) is 9.88 Å². The molecule has 0 bridgehead atoms. The molecule has 0 spiro atoms. The largest absolute Gasteiger partial charge is 0.359 e. The van der Waals surface area contributed by atoms with E-state index in [0.29, 0.717) is 6.04 Å². The summed E-state index contributed by atoms with van der Waals surface area (Å²) in [4.78, 5) is 7.24. The SMILES string of the molecule is CC1C=CC=C2c3nc4ccccc4cc3CN21. The summed E-state index contributed by atoms with van der Waals surface area (Å²) in [6.45, 7) is 3.21. The number of hydrogen-bond donors (Lipinski definition) is 0. The van der Waals surface area contributed by atoms with Gasteiger partial charge < -0.3 is 4.90 Å². The molecule has 0 N–H and O–H groups in total. The molecule has 2 aliphatic rings. The van der Waals surface area contributed by atoms with Crippen molar-refractivity contribution in [2.24, 2.45) is 0 Å². The van der Waals surface area contributed by atoms with Crippen LogP contribution >= 0.6 is 0 Å². The quantitative estimate of drug-likeness (QED) is 0.695. The van der Waals surface area contributed by atoms with E-state index in [0.717, 1.165) is 17.8 Å². The van der Waals surface area contributed by atoms with Crippen LogP contribution in [0, 0.1) is 0 Å². The highest BCUT2D eigenvalue weighted by Crippen LogP contribution is 2.36. The second-order valence-electron chi connectivity index (χ2n) is 4.99. The number of aromatic nitrogens is 1. The third-order valence-electron chi connectivity index (χ3n) is 3.83. The number of hydrogen-bond acceptors (Lipinski definition) is 2. The van der Waals surface area contributed by atoms with Crippen molar-refractivity contribution >= 4 is 16.6 Å². The summed E-state index contributed by atoms with van der Waals surface area (Å²) < 4.78 is 0. The molecule has 0 amide bonds. The van der Waals surface area contributed by atoms with Crippen molar-refractivity contribution in [1.29, 1.82) is 0 Å². The molecule has 88 valence electrons. The molecule has 4 rings (SSSR count). The highest BCUT2D eigenvalue weighted by Gasteiger charge is 2.29. The molecule has 1 aromatic heterocycles. The summed E-state index contributed by atoms with van der Waals surface area (Å²) in [6.07, 6.45) is 6.55. The minimum absolute atomic E-state index is 0.460. The number of benzene rings is 1. The predicted molar refractivity (Wildman–Crippen MR) is 73.9 cm³/mol. The first-order chi connectivity index (χ1) is 8.83. The molecule has 1 unspecified atom stereocenters. The molecule has 1 aromatic carbocycles. The van der Waals surface area contributed by atoms with Crippen LogP contribution in [0.3, 0.4) is 0 Å². The van der Waals surface area contributed by atoms with Gasteiger partial charge >= 0.3 is 0 Å². The Morgan fingerprint density at radius 3 is 3.11 bits per heavy atom. The van der Waals surface area contributed by atoms with E-state index in [4.69, 9.17) is 4.98 Å². The van der Waals surface area contributed by atoms with E-state index in [1.807, 2.05) is 6.07 Å². The number of fused-ring (bicyclic) bond motifs is 4. The highest BCUT2D eigenvalue weighted by molar-refractivity contribution is 5.84. The van der Waals surface area contributed by atoms with Gasteiger partial charge in [-0.2, -0.15) is 0 Å². The van der Waals surface area contributed by atoms with Crippen LogP contribution in [0.5, 0.6) is 0 Å². The average Bonchev–Trinajstić information content (AvgIpc) is 2.76. The fourth-order valence-electron chi connectivity index (χ4n) is 2.86. The van der Waals surface area contributed by atoms with Crippen LogP contribution in [0.2, 0.25) is 0 Å². The van der Waals surface area contributed by atoms with Crippen LogP contribution < -0.4 is 0 Å². The molecule has 2 aliphatic heterocycles. The molecule has 18 heavy (non-hydrogen) atoms. The summed E-state index contributed by atoms with van der Waals surface area (Å²) >= 11 is 0. The van der Waals surface area contributed by atoms with Crippen molar-refractivity contribution in [3.05, 3.63) is 59.8 Å². The number of nitrogens with zero attached hydrogens (tertiary/aromatic N) is 2. The summed E-state index contributed by atoms with van der Waals surface area (Å²) in [6, 6.07) is 11.1. The third kappa shape index (κ3) is 1.26. The van der Waals surface area contributed by atoms with Crippen molar-refractivity contribution in [2.45, 2.75) is 19.5 Å².